The number of likely N-dealkylation sites (tertiary alicyclic amines) is 1. The van der Waals surface area contributed by atoms with E-state index >= 15 is 0 Å². The maximum atomic E-state index is 14.2. The molecule has 0 radical (unpaired) electrons. The highest BCUT2D eigenvalue weighted by molar-refractivity contribution is 6.30. The van der Waals surface area contributed by atoms with Gasteiger partial charge >= 0.3 is 0 Å². The van der Waals surface area contributed by atoms with E-state index < -0.39 is 0 Å². The predicted molar refractivity (Wildman–Crippen MR) is 84.8 cm³/mol. The van der Waals surface area contributed by atoms with E-state index in [0.29, 0.717) is 17.1 Å². The minimum Gasteiger partial charge on any atom is -0.329 e. The molecule has 0 bridgehead atoms. The second-order valence-corrected chi connectivity index (χ2v) is 6.94. The highest BCUT2D eigenvalue weighted by atomic mass is 35.5. The van der Waals surface area contributed by atoms with Crippen LogP contribution in [0.15, 0.2) is 18.2 Å². The molecule has 2 fully saturated rings. The number of hydrogen-bond acceptors (Lipinski definition) is 2. The van der Waals surface area contributed by atoms with Crippen LogP contribution in [0.1, 0.15) is 43.7 Å². The number of rotatable bonds is 3. The standard InChI is InChI=1S/C17H24ClFN2/c18-14-5-6-15(16(19)9-14)17(10-20)21-8-7-12-3-1-2-4-13(12)11-21/h5-6,9,12-13,17H,1-4,7-8,10-11,20H2. The van der Waals surface area contributed by atoms with E-state index in [1.807, 2.05) is 0 Å². The van der Waals surface area contributed by atoms with Gasteiger partial charge in [-0.05, 0) is 43.4 Å². The molecule has 3 rings (SSSR count). The Hall–Kier alpha value is -0.640. The Labute approximate surface area is 131 Å². The average molecular weight is 311 g/mol. The van der Waals surface area contributed by atoms with E-state index in [0.717, 1.165) is 24.9 Å². The minimum atomic E-state index is -0.233. The fraction of sp³-hybridized carbons (Fsp3) is 0.647. The lowest BCUT2D eigenvalue weighted by Gasteiger charge is -2.44. The van der Waals surface area contributed by atoms with E-state index in [9.17, 15) is 4.39 Å². The summed E-state index contributed by atoms with van der Waals surface area (Å²) in [6.07, 6.45) is 6.66. The molecule has 1 heterocycles. The first kappa shape index (κ1) is 15.3. The van der Waals surface area contributed by atoms with Crippen LogP contribution in [-0.4, -0.2) is 24.5 Å². The zero-order valence-electron chi connectivity index (χ0n) is 12.4. The summed E-state index contributed by atoms with van der Waals surface area (Å²) in [6, 6.07) is 4.93. The molecule has 0 spiro atoms. The Morgan fingerprint density at radius 1 is 1.24 bits per heavy atom. The Morgan fingerprint density at radius 2 is 2.00 bits per heavy atom. The zero-order valence-corrected chi connectivity index (χ0v) is 13.2. The van der Waals surface area contributed by atoms with E-state index in [2.05, 4.69) is 4.90 Å². The van der Waals surface area contributed by atoms with E-state index in [-0.39, 0.29) is 11.9 Å². The monoisotopic (exact) mass is 310 g/mol. The molecule has 116 valence electrons. The molecule has 4 heteroatoms. The van der Waals surface area contributed by atoms with Gasteiger partial charge in [-0.25, -0.2) is 4.39 Å². The Bertz CT molecular complexity index is 494. The van der Waals surface area contributed by atoms with Crippen molar-refractivity contribution in [2.24, 2.45) is 17.6 Å². The third-order valence-corrected chi connectivity index (χ3v) is 5.54. The van der Waals surface area contributed by atoms with Crippen molar-refractivity contribution in [2.45, 2.75) is 38.1 Å². The molecule has 1 aliphatic carbocycles. The lowest BCUT2D eigenvalue weighted by Crippen LogP contribution is -2.45. The molecule has 1 aliphatic heterocycles. The summed E-state index contributed by atoms with van der Waals surface area (Å²) in [5, 5.41) is 0.443. The first-order valence-corrected chi connectivity index (χ1v) is 8.46. The average Bonchev–Trinajstić information content (AvgIpc) is 2.50. The maximum absolute atomic E-state index is 14.2. The lowest BCUT2D eigenvalue weighted by molar-refractivity contribution is 0.0576. The summed E-state index contributed by atoms with van der Waals surface area (Å²) in [7, 11) is 0. The van der Waals surface area contributed by atoms with Gasteiger partial charge in [-0.1, -0.05) is 36.9 Å². The third kappa shape index (κ3) is 3.25. The van der Waals surface area contributed by atoms with E-state index in [1.165, 1.54) is 38.2 Å². The number of hydrogen-bond donors (Lipinski definition) is 1. The van der Waals surface area contributed by atoms with Gasteiger partial charge in [0.05, 0.1) is 0 Å². The van der Waals surface area contributed by atoms with Gasteiger partial charge in [0.25, 0.3) is 0 Å². The SMILES string of the molecule is NCC(c1ccc(Cl)cc1F)N1CCC2CCCCC2C1. The van der Waals surface area contributed by atoms with Crippen molar-refractivity contribution >= 4 is 11.6 Å². The minimum absolute atomic E-state index is 0.0230. The number of piperidine rings is 1. The first-order valence-electron chi connectivity index (χ1n) is 8.08. The van der Waals surface area contributed by atoms with Crippen molar-refractivity contribution in [3.05, 3.63) is 34.6 Å². The quantitative estimate of drug-likeness (QED) is 0.914. The topological polar surface area (TPSA) is 29.3 Å². The molecule has 2 N–H and O–H groups in total. The summed E-state index contributed by atoms with van der Waals surface area (Å²) in [6.45, 7) is 2.55. The molecule has 1 saturated heterocycles. The Morgan fingerprint density at radius 3 is 2.71 bits per heavy atom. The van der Waals surface area contributed by atoms with Crippen LogP contribution in [0.25, 0.3) is 0 Å². The van der Waals surface area contributed by atoms with E-state index in [4.69, 9.17) is 17.3 Å². The number of fused-ring (bicyclic) bond motifs is 1. The van der Waals surface area contributed by atoms with Crippen molar-refractivity contribution in [3.63, 3.8) is 0 Å². The fourth-order valence-corrected chi connectivity index (χ4v) is 4.32. The van der Waals surface area contributed by atoms with Crippen molar-refractivity contribution < 1.29 is 4.39 Å². The van der Waals surface area contributed by atoms with Crippen molar-refractivity contribution in [1.29, 1.82) is 0 Å². The van der Waals surface area contributed by atoms with Crippen LogP contribution < -0.4 is 5.73 Å². The molecule has 3 atom stereocenters. The largest absolute Gasteiger partial charge is 0.329 e. The van der Waals surface area contributed by atoms with Gasteiger partial charge < -0.3 is 5.73 Å². The number of benzene rings is 1. The number of nitrogens with two attached hydrogens (primary N) is 1. The van der Waals surface area contributed by atoms with Crippen LogP contribution in [0.3, 0.4) is 0 Å². The summed E-state index contributed by atoms with van der Waals surface area (Å²) in [5.41, 5.74) is 6.66. The molecule has 2 aliphatic rings. The van der Waals surface area contributed by atoms with Crippen molar-refractivity contribution in [2.75, 3.05) is 19.6 Å². The smallest absolute Gasteiger partial charge is 0.129 e. The van der Waals surface area contributed by atoms with Crippen molar-refractivity contribution in [1.82, 2.24) is 4.90 Å². The van der Waals surface area contributed by atoms with Crippen LogP contribution in [0, 0.1) is 17.7 Å². The van der Waals surface area contributed by atoms with Gasteiger partial charge in [-0.15, -0.1) is 0 Å². The molecule has 0 amide bonds. The van der Waals surface area contributed by atoms with Crippen LogP contribution >= 0.6 is 11.6 Å². The number of nitrogens with zero attached hydrogens (tertiary/aromatic N) is 1. The van der Waals surface area contributed by atoms with Crippen LogP contribution in [0.2, 0.25) is 5.02 Å². The van der Waals surface area contributed by atoms with Crippen LogP contribution in [0.5, 0.6) is 0 Å². The third-order valence-electron chi connectivity index (χ3n) is 5.31. The molecular weight excluding hydrogens is 287 g/mol. The van der Waals surface area contributed by atoms with Gasteiger partial charge in [0.15, 0.2) is 0 Å². The van der Waals surface area contributed by atoms with Gasteiger partial charge in [-0.3, -0.25) is 4.90 Å². The highest BCUT2D eigenvalue weighted by Crippen LogP contribution is 2.38. The summed E-state index contributed by atoms with van der Waals surface area (Å²) < 4.78 is 14.2. The highest BCUT2D eigenvalue weighted by Gasteiger charge is 2.34. The van der Waals surface area contributed by atoms with Gasteiger partial charge in [-0.2, -0.15) is 0 Å². The molecule has 21 heavy (non-hydrogen) atoms. The molecule has 3 unspecified atom stereocenters. The molecule has 1 aromatic carbocycles. The Balaban J connectivity index is 1.77. The first-order chi connectivity index (χ1) is 10.2. The van der Waals surface area contributed by atoms with E-state index in [1.54, 1.807) is 12.1 Å². The Kier molecular flexibility index (Phi) is 4.82. The second kappa shape index (κ2) is 6.64. The normalized spacial score (nSPS) is 28.1. The summed E-state index contributed by atoms with van der Waals surface area (Å²) in [4.78, 5) is 2.39. The van der Waals surface area contributed by atoms with Crippen LogP contribution in [0.4, 0.5) is 4.39 Å². The van der Waals surface area contributed by atoms with Crippen molar-refractivity contribution in [3.8, 4) is 0 Å². The maximum Gasteiger partial charge on any atom is 0.129 e. The predicted octanol–water partition coefficient (Wildman–Crippen LogP) is 3.99. The lowest BCUT2D eigenvalue weighted by atomic mass is 9.74. The van der Waals surface area contributed by atoms with Gasteiger partial charge in [0, 0.05) is 29.7 Å². The molecule has 2 nitrogen and oxygen atoms in total. The summed E-state index contributed by atoms with van der Waals surface area (Å²) in [5.74, 6) is 1.42. The van der Waals surface area contributed by atoms with Crippen LogP contribution in [-0.2, 0) is 0 Å². The molecule has 1 saturated carbocycles. The van der Waals surface area contributed by atoms with Gasteiger partial charge in [0.1, 0.15) is 5.82 Å². The molecular formula is C17H24ClFN2. The fourth-order valence-electron chi connectivity index (χ4n) is 4.16. The van der Waals surface area contributed by atoms with Gasteiger partial charge in [0.2, 0.25) is 0 Å². The summed E-state index contributed by atoms with van der Waals surface area (Å²) >= 11 is 5.86. The zero-order chi connectivity index (χ0) is 14.8. The number of halogens is 2. The molecule has 1 aromatic rings. The second-order valence-electron chi connectivity index (χ2n) is 6.51. The molecule has 0 aromatic heterocycles.